The van der Waals surface area contributed by atoms with Crippen molar-refractivity contribution in [2.75, 3.05) is 0 Å². The van der Waals surface area contributed by atoms with Crippen LogP contribution in [0.3, 0.4) is 0 Å². The molecule has 0 aromatic rings. The Morgan fingerprint density at radius 1 is 1.44 bits per heavy atom. The highest BCUT2D eigenvalue weighted by Gasteiger charge is 2.28. The lowest BCUT2D eigenvalue weighted by molar-refractivity contribution is -0.153. The highest BCUT2D eigenvalue weighted by Crippen LogP contribution is 2.13. The number of ether oxygens (including phenoxy) is 1. The van der Waals surface area contributed by atoms with Crippen molar-refractivity contribution < 1.29 is 29.0 Å². The Morgan fingerprint density at radius 3 is 2.06 bits per heavy atom. The van der Waals surface area contributed by atoms with E-state index in [2.05, 4.69) is 4.74 Å². The van der Waals surface area contributed by atoms with E-state index in [1.165, 1.54) is 13.8 Å². The number of hydrogen-bond acceptors (Lipinski definition) is 5. The van der Waals surface area contributed by atoms with Crippen molar-refractivity contribution in [1.29, 1.82) is 0 Å². The Labute approximate surface area is 106 Å². The van der Waals surface area contributed by atoms with E-state index in [4.69, 9.17) is 5.11 Å². The lowest BCUT2D eigenvalue weighted by atomic mass is 10.1. The number of esters is 2. The molecule has 2 unspecified atom stereocenters. The average molecular weight is 260 g/mol. The molecule has 1 aliphatic rings. The van der Waals surface area contributed by atoms with E-state index < -0.39 is 23.8 Å². The summed E-state index contributed by atoms with van der Waals surface area (Å²) in [6.07, 6.45) is 0.383. The van der Waals surface area contributed by atoms with Crippen LogP contribution in [-0.4, -0.2) is 28.8 Å². The molecule has 0 aliphatic carbocycles. The quantitative estimate of drug-likeness (QED) is 0.608. The van der Waals surface area contributed by atoms with Gasteiger partial charge < -0.3 is 14.6 Å². The summed E-state index contributed by atoms with van der Waals surface area (Å²) in [6.45, 7) is 4.58. The molecule has 1 aliphatic heterocycles. The van der Waals surface area contributed by atoms with Crippen LogP contribution in [0.4, 0.5) is 0 Å². The van der Waals surface area contributed by atoms with Gasteiger partial charge in [0.25, 0.3) is 0 Å². The molecule has 2 atom stereocenters. The summed E-state index contributed by atoms with van der Waals surface area (Å²) in [5.74, 6) is -2.54. The summed E-state index contributed by atoms with van der Waals surface area (Å²) in [7, 11) is 0. The molecule has 6 nitrogen and oxygen atoms in total. The highest BCUT2D eigenvalue weighted by molar-refractivity contribution is 5.94. The Hall–Kier alpha value is -1.72. The van der Waals surface area contributed by atoms with Gasteiger partial charge in [-0.15, -0.1) is 0 Å². The molecule has 1 N–H and O–H groups in total. The third kappa shape index (κ3) is 7.54. The highest BCUT2D eigenvalue weighted by atomic mass is 16.6. The van der Waals surface area contributed by atoms with E-state index in [0.29, 0.717) is 0 Å². The van der Waals surface area contributed by atoms with Crippen LogP contribution in [0.1, 0.15) is 41.0 Å². The number of carboxylic acids is 1. The van der Waals surface area contributed by atoms with Crippen molar-refractivity contribution >= 4 is 23.7 Å². The third-order valence-electron chi connectivity index (χ3n) is 2.10. The number of cyclic esters (lactones) is 2. The zero-order chi connectivity index (χ0) is 13.6. The van der Waals surface area contributed by atoms with Crippen LogP contribution >= 0.6 is 0 Å². The second kappa shape index (κ2) is 8.38. The van der Waals surface area contributed by atoms with E-state index in [1.807, 2.05) is 0 Å². The number of ketones is 1. The topological polar surface area (TPSA) is 97.7 Å². The summed E-state index contributed by atoms with van der Waals surface area (Å²) in [4.78, 5) is 40.9. The molecule has 6 heteroatoms. The maximum absolute atomic E-state index is 10.3. The monoisotopic (exact) mass is 260 g/mol. The minimum Gasteiger partial charge on any atom is -0.481 e. The smallest absolute Gasteiger partial charge is 0.316 e. The number of carbonyl (C=O) groups is 4. The molecule has 0 aromatic carbocycles. The number of carboxylic acid groups (broad SMARTS) is 1. The normalized spacial score (nSPS) is 18.9. The summed E-state index contributed by atoms with van der Waals surface area (Å²) < 4.78 is 4.20. The van der Waals surface area contributed by atoms with Crippen molar-refractivity contribution in [2.24, 2.45) is 11.8 Å². The molecule has 1 rings (SSSR count). The SMILES string of the molecule is C.CC(=O)CC(C)C(=O)O.CC1CC(=O)OC1=O. The second-order valence-corrected chi connectivity index (χ2v) is 4.04. The van der Waals surface area contributed by atoms with E-state index in [-0.39, 0.29) is 32.0 Å². The molecular weight excluding hydrogens is 240 g/mol. The molecular formula is C12H20O6. The van der Waals surface area contributed by atoms with Gasteiger partial charge in [0.1, 0.15) is 5.78 Å². The molecule has 0 aromatic heterocycles. The molecule has 0 radical (unpaired) electrons. The molecule has 0 amide bonds. The van der Waals surface area contributed by atoms with Gasteiger partial charge in [-0.3, -0.25) is 14.4 Å². The minimum atomic E-state index is -0.912. The standard InChI is InChI=1S/C6H10O3.C5H6O3.CH4/c1-4(6(8)9)3-5(2)7;1-3-2-4(6)8-5(3)7;/h4H,3H2,1-2H3,(H,8,9);3H,2H2,1H3;1H4. The maximum Gasteiger partial charge on any atom is 0.316 e. The first-order valence-corrected chi connectivity index (χ1v) is 5.20. The zero-order valence-corrected chi connectivity index (χ0v) is 10.1. The molecule has 104 valence electrons. The van der Waals surface area contributed by atoms with Crippen LogP contribution in [0, 0.1) is 11.8 Å². The van der Waals surface area contributed by atoms with Crippen molar-refractivity contribution in [3.63, 3.8) is 0 Å². The summed E-state index contributed by atoms with van der Waals surface area (Å²) >= 11 is 0. The zero-order valence-electron chi connectivity index (χ0n) is 10.1. The van der Waals surface area contributed by atoms with E-state index >= 15 is 0 Å². The first kappa shape index (κ1) is 18.6. The van der Waals surface area contributed by atoms with Crippen LogP contribution in [0.5, 0.6) is 0 Å². The number of rotatable bonds is 3. The summed E-state index contributed by atoms with van der Waals surface area (Å²) in [5, 5.41) is 8.28. The Morgan fingerprint density at radius 2 is 1.94 bits per heavy atom. The second-order valence-electron chi connectivity index (χ2n) is 4.04. The van der Waals surface area contributed by atoms with Gasteiger partial charge >= 0.3 is 17.9 Å². The molecule has 1 heterocycles. The first-order valence-electron chi connectivity index (χ1n) is 5.20. The predicted octanol–water partition coefficient (Wildman–Crippen LogP) is 1.42. The fraction of sp³-hybridized carbons (Fsp3) is 0.667. The number of Topliss-reactive ketones (excluding diaryl/α,β-unsaturated/α-hetero) is 1. The van der Waals surface area contributed by atoms with Gasteiger partial charge in [-0.1, -0.05) is 21.3 Å². The van der Waals surface area contributed by atoms with E-state index in [9.17, 15) is 19.2 Å². The fourth-order valence-electron chi connectivity index (χ4n) is 1.11. The summed E-state index contributed by atoms with van der Waals surface area (Å²) in [6, 6.07) is 0. The van der Waals surface area contributed by atoms with Crippen molar-refractivity contribution in [3.8, 4) is 0 Å². The molecule has 0 bridgehead atoms. The first-order chi connectivity index (χ1) is 7.73. The number of aliphatic carboxylic acids is 1. The molecule has 1 fully saturated rings. The van der Waals surface area contributed by atoms with E-state index in [0.717, 1.165) is 0 Å². The number of carbonyl (C=O) groups excluding carboxylic acids is 3. The Bertz CT molecular complexity index is 333. The van der Waals surface area contributed by atoms with Gasteiger partial charge in [0.2, 0.25) is 0 Å². The minimum absolute atomic E-state index is 0. The summed E-state index contributed by atoms with van der Waals surface area (Å²) in [5.41, 5.74) is 0. The van der Waals surface area contributed by atoms with Crippen LogP contribution in [0.2, 0.25) is 0 Å². The Balaban J connectivity index is 0. The third-order valence-corrected chi connectivity index (χ3v) is 2.10. The molecule has 18 heavy (non-hydrogen) atoms. The van der Waals surface area contributed by atoms with Crippen LogP contribution in [0.15, 0.2) is 0 Å². The maximum atomic E-state index is 10.3. The lowest BCUT2D eigenvalue weighted by Crippen LogP contribution is -2.12. The average Bonchev–Trinajstić information content (AvgIpc) is 2.43. The van der Waals surface area contributed by atoms with Crippen LogP contribution < -0.4 is 0 Å². The molecule has 0 spiro atoms. The van der Waals surface area contributed by atoms with Crippen molar-refractivity contribution in [2.45, 2.75) is 41.0 Å². The van der Waals surface area contributed by atoms with Crippen LogP contribution in [0.25, 0.3) is 0 Å². The van der Waals surface area contributed by atoms with Crippen LogP contribution in [-0.2, 0) is 23.9 Å². The van der Waals surface area contributed by atoms with Gasteiger partial charge in [0, 0.05) is 6.42 Å². The van der Waals surface area contributed by atoms with Gasteiger partial charge in [-0.25, -0.2) is 0 Å². The predicted molar refractivity (Wildman–Crippen MR) is 63.7 cm³/mol. The van der Waals surface area contributed by atoms with Crippen molar-refractivity contribution in [1.82, 2.24) is 0 Å². The van der Waals surface area contributed by atoms with Gasteiger partial charge in [-0.2, -0.15) is 0 Å². The molecule has 1 saturated heterocycles. The van der Waals surface area contributed by atoms with E-state index in [1.54, 1.807) is 6.92 Å². The lowest BCUT2D eigenvalue weighted by Gasteiger charge is -1.99. The number of hydrogen-bond donors (Lipinski definition) is 1. The van der Waals surface area contributed by atoms with Gasteiger partial charge in [0.05, 0.1) is 18.3 Å². The largest absolute Gasteiger partial charge is 0.481 e. The van der Waals surface area contributed by atoms with Gasteiger partial charge in [-0.05, 0) is 6.92 Å². The van der Waals surface area contributed by atoms with Gasteiger partial charge in [0.15, 0.2) is 0 Å². The molecule has 0 saturated carbocycles. The Kier molecular flexibility index (Phi) is 8.68. The van der Waals surface area contributed by atoms with Crippen molar-refractivity contribution in [3.05, 3.63) is 0 Å². The fourth-order valence-corrected chi connectivity index (χ4v) is 1.11.